The van der Waals surface area contributed by atoms with Crippen molar-refractivity contribution < 1.29 is 83.6 Å². The van der Waals surface area contributed by atoms with Crippen molar-refractivity contribution in [2.24, 2.45) is 0 Å². The Balaban J connectivity index is -0.000000471. The number of quaternary nitrogens is 1. The number of carbonyl (C=O) groups excluding carboxylic acids is 4. The summed E-state index contributed by atoms with van der Waals surface area (Å²) in [6.07, 6.45) is -10.4. The van der Waals surface area contributed by atoms with Gasteiger partial charge in [0, 0.05) is 18.8 Å². The summed E-state index contributed by atoms with van der Waals surface area (Å²) in [4.78, 5) is 41.4. The van der Waals surface area contributed by atoms with Crippen molar-refractivity contribution in [1.29, 1.82) is 0 Å². The van der Waals surface area contributed by atoms with E-state index in [0.717, 1.165) is 0 Å². The van der Waals surface area contributed by atoms with Crippen molar-refractivity contribution in [2.45, 2.75) is 50.3 Å². The number of hydrogen-bond acceptors (Lipinski definition) is 12. The third kappa shape index (κ3) is 15.2. The molecule has 0 spiro atoms. The van der Waals surface area contributed by atoms with Gasteiger partial charge >= 0.3 is 25.4 Å². The molecule has 0 aromatic rings. The van der Waals surface area contributed by atoms with E-state index in [4.69, 9.17) is 25.2 Å². The summed E-state index contributed by atoms with van der Waals surface area (Å²) in [5, 5.41) is 65.2. The van der Waals surface area contributed by atoms with Gasteiger partial charge in [0.25, 0.3) is 0 Å². The third-order valence-corrected chi connectivity index (χ3v) is 3.21. The predicted molar refractivity (Wildman–Crippen MR) is 86.7 cm³/mol. The van der Waals surface area contributed by atoms with E-state index in [1.165, 1.54) is 0 Å². The molecule has 0 heterocycles. The fraction of sp³-hybridized carbons (Fsp3) is 0.750. The van der Waals surface area contributed by atoms with Crippen LogP contribution in [0, 0.1) is 0 Å². The number of nitrogens with zero attached hydrogens (tertiary/aromatic N) is 1. The first-order valence-electron chi connectivity index (χ1n) is 8.37. The molecule has 5 atom stereocenters. The molecule has 0 saturated carbocycles. The zero-order valence-electron chi connectivity index (χ0n) is 17.2. The Morgan fingerprint density at radius 3 is 1.47 bits per heavy atom. The average molecular weight is 491 g/mol. The molecule has 170 valence electrons. The number of carboxylic acids is 3. The average Bonchev–Trinajstić information content (AvgIpc) is 2.57. The largest absolute Gasteiger partial charge is 2.00 e. The molecule has 0 amide bonds. The number of carboxylic acid groups (broad SMARTS) is 3. The first-order valence-corrected chi connectivity index (χ1v) is 8.37. The van der Waals surface area contributed by atoms with Gasteiger partial charge in [0.05, 0.1) is 33.1 Å². The molecule has 13 nitrogen and oxygen atoms in total. The standard InChI is InChI=1S/C10H19NO4.C6H10O8.Zn/c1-5-10(14)15-8(6-9(12)13)7-11(2,3)4;7-1(3(9)5(11)12)2(8)4(10)6(13)14;/h8H,5-7H2,1-4H3;1-4,7-10H,(H,11,12)(H,13,14);/q;;+2/p-2/t8-;1-,2+,3+,4-;/m1../s1. The Morgan fingerprint density at radius 2 is 1.23 bits per heavy atom. The van der Waals surface area contributed by atoms with E-state index in [2.05, 4.69) is 0 Å². The van der Waals surface area contributed by atoms with Crippen LogP contribution in [0.1, 0.15) is 19.8 Å². The molecule has 30 heavy (non-hydrogen) atoms. The molecule has 0 aromatic heterocycles. The molecule has 0 rings (SSSR count). The topological polar surface area (TPSA) is 228 Å². The van der Waals surface area contributed by atoms with Gasteiger partial charge in [0.1, 0.15) is 31.0 Å². The van der Waals surface area contributed by atoms with E-state index in [1.807, 2.05) is 21.1 Å². The maximum atomic E-state index is 11.0. The molecule has 0 radical (unpaired) electrons. The van der Waals surface area contributed by atoms with Crippen molar-refractivity contribution in [3.8, 4) is 0 Å². The van der Waals surface area contributed by atoms with Gasteiger partial charge in [0.2, 0.25) is 0 Å². The Hall–Kier alpha value is -1.70. The molecule has 0 fully saturated rings. The van der Waals surface area contributed by atoms with Gasteiger partial charge in [-0.05, 0) is 0 Å². The second-order valence-electron chi connectivity index (χ2n) is 7.02. The quantitative estimate of drug-likeness (QED) is 0.120. The first-order chi connectivity index (χ1) is 13.0. The molecule has 0 saturated heterocycles. The summed E-state index contributed by atoms with van der Waals surface area (Å²) in [7, 11) is 5.71. The van der Waals surface area contributed by atoms with E-state index in [-0.39, 0.29) is 38.3 Å². The molecule has 0 aromatic carbocycles. The summed E-state index contributed by atoms with van der Waals surface area (Å²) in [5.74, 6) is -5.80. The van der Waals surface area contributed by atoms with E-state index < -0.39 is 48.4 Å². The van der Waals surface area contributed by atoms with Crippen molar-refractivity contribution in [3.05, 3.63) is 0 Å². The molecule has 0 aliphatic carbocycles. The monoisotopic (exact) mass is 489 g/mol. The SMILES string of the molecule is CCC(=O)O[C@H](CC(=O)[O-])C[N+](C)(C)C.O=C([O-])[C@@H](O)[C@H](O)[C@H](O)[C@@H](O)C(=O)[O-].[Zn+2]. The van der Waals surface area contributed by atoms with Crippen LogP contribution >= 0.6 is 0 Å². The molecule has 14 heteroatoms. The fourth-order valence-electron chi connectivity index (χ4n) is 1.86. The number of ether oxygens (including phenoxy) is 1. The minimum atomic E-state index is -2.50. The van der Waals surface area contributed by atoms with Gasteiger partial charge in [-0.2, -0.15) is 0 Å². The Kier molecular flexibility index (Phi) is 16.6. The van der Waals surface area contributed by atoms with Crippen LogP contribution in [-0.2, 0) is 43.4 Å². The van der Waals surface area contributed by atoms with E-state index in [9.17, 15) is 34.5 Å². The van der Waals surface area contributed by atoms with Gasteiger partial charge in [-0.15, -0.1) is 0 Å². The molecule has 0 aliphatic rings. The number of aliphatic carboxylic acids is 3. The summed E-state index contributed by atoms with van der Waals surface area (Å²) in [5.41, 5.74) is 0. The summed E-state index contributed by atoms with van der Waals surface area (Å²) < 4.78 is 5.55. The van der Waals surface area contributed by atoms with E-state index >= 15 is 0 Å². The van der Waals surface area contributed by atoms with Crippen LogP contribution < -0.4 is 15.3 Å². The first kappa shape index (κ1) is 33.0. The second kappa shape index (κ2) is 15.2. The molecule has 0 bridgehead atoms. The van der Waals surface area contributed by atoms with E-state index in [1.54, 1.807) is 6.92 Å². The van der Waals surface area contributed by atoms with Crippen LogP contribution in [0.5, 0.6) is 0 Å². The van der Waals surface area contributed by atoms with Crippen LogP contribution in [0.2, 0.25) is 0 Å². The smallest absolute Gasteiger partial charge is 0.550 e. The second-order valence-corrected chi connectivity index (χ2v) is 7.02. The Labute approximate surface area is 185 Å². The summed E-state index contributed by atoms with van der Waals surface area (Å²) in [6.45, 7) is 2.13. The van der Waals surface area contributed by atoms with Crippen LogP contribution in [0.3, 0.4) is 0 Å². The summed E-state index contributed by atoms with van der Waals surface area (Å²) >= 11 is 0. The minimum Gasteiger partial charge on any atom is -0.550 e. The number of likely N-dealkylation sites (N-methyl/N-ethyl adjacent to an activating group) is 1. The number of carbonyl (C=O) groups is 4. The normalized spacial score (nSPS) is 15.7. The van der Waals surface area contributed by atoms with Crippen molar-refractivity contribution >= 4 is 23.9 Å². The zero-order chi connectivity index (χ0) is 23.5. The number of aliphatic hydroxyl groups excluding tert-OH is 4. The van der Waals surface area contributed by atoms with Crippen molar-refractivity contribution in [2.75, 3.05) is 27.7 Å². The number of esters is 1. The van der Waals surface area contributed by atoms with Gasteiger partial charge in [0.15, 0.2) is 6.10 Å². The van der Waals surface area contributed by atoms with Crippen LogP contribution in [0.15, 0.2) is 0 Å². The molecule has 4 N–H and O–H groups in total. The Bertz CT molecular complexity index is 541. The zero-order valence-corrected chi connectivity index (χ0v) is 20.2. The Morgan fingerprint density at radius 1 is 0.867 bits per heavy atom. The molecular formula is C16H27NO12Zn. The van der Waals surface area contributed by atoms with Gasteiger partial charge in [-0.3, -0.25) is 4.79 Å². The van der Waals surface area contributed by atoms with Crippen LogP contribution in [-0.4, -0.2) is 107 Å². The number of rotatable bonds is 11. The maximum Gasteiger partial charge on any atom is 2.00 e. The number of hydrogen-bond donors (Lipinski definition) is 4. The van der Waals surface area contributed by atoms with Crippen molar-refractivity contribution in [3.63, 3.8) is 0 Å². The molecule has 0 aliphatic heterocycles. The van der Waals surface area contributed by atoms with Gasteiger partial charge in [-0.1, -0.05) is 6.92 Å². The summed E-state index contributed by atoms with van der Waals surface area (Å²) in [6, 6.07) is 0. The van der Waals surface area contributed by atoms with Crippen molar-refractivity contribution in [1.82, 2.24) is 0 Å². The van der Waals surface area contributed by atoms with Crippen LogP contribution in [0.25, 0.3) is 0 Å². The fourth-order valence-corrected chi connectivity index (χ4v) is 1.86. The van der Waals surface area contributed by atoms with Crippen LogP contribution in [0.4, 0.5) is 0 Å². The molecule has 0 unspecified atom stereocenters. The van der Waals surface area contributed by atoms with E-state index in [0.29, 0.717) is 11.0 Å². The number of aliphatic hydroxyl groups is 4. The molecular weight excluding hydrogens is 464 g/mol. The van der Waals surface area contributed by atoms with Gasteiger partial charge < -0.3 is 59.3 Å². The predicted octanol–water partition coefficient (Wildman–Crippen LogP) is -6.92. The maximum absolute atomic E-state index is 11.0. The third-order valence-electron chi connectivity index (χ3n) is 3.21. The van der Waals surface area contributed by atoms with Gasteiger partial charge in [-0.25, -0.2) is 0 Å². The minimum absolute atomic E-state index is 0.